The minimum atomic E-state index is -0.297. The smallest absolute Gasteiger partial charge is 0.289 e. The van der Waals surface area contributed by atoms with Gasteiger partial charge in [0.1, 0.15) is 12.4 Å². The third kappa shape index (κ3) is 4.57. The van der Waals surface area contributed by atoms with Gasteiger partial charge in [-0.2, -0.15) is 0 Å². The SMILES string of the molecule is CO/C1=C/C/C(COC2=NCC(F)=CN2)=C\C=C/CC1. The first-order valence-corrected chi connectivity index (χ1v) is 6.64. The van der Waals surface area contributed by atoms with E-state index in [0.29, 0.717) is 12.6 Å². The number of allylic oxidation sites excluding steroid dienone is 5. The number of hydrogen-bond donors (Lipinski definition) is 1. The average molecular weight is 278 g/mol. The summed E-state index contributed by atoms with van der Waals surface area (Å²) in [5, 5.41) is 2.67. The van der Waals surface area contributed by atoms with E-state index in [-0.39, 0.29) is 12.4 Å². The summed E-state index contributed by atoms with van der Waals surface area (Å²) in [5.41, 5.74) is 1.11. The second-order valence-corrected chi connectivity index (χ2v) is 4.52. The molecule has 2 rings (SSSR count). The molecule has 5 heteroatoms. The molecule has 0 radical (unpaired) electrons. The molecule has 0 fully saturated rings. The minimum absolute atomic E-state index is 0.0367. The van der Waals surface area contributed by atoms with E-state index in [2.05, 4.69) is 22.5 Å². The average Bonchev–Trinajstić information content (AvgIpc) is 2.58. The second kappa shape index (κ2) is 7.53. The van der Waals surface area contributed by atoms with Crippen LogP contribution in [0.15, 0.2) is 52.7 Å². The largest absolute Gasteiger partial charge is 0.501 e. The second-order valence-electron chi connectivity index (χ2n) is 4.52. The summed E-state index contributed by atoms with van der Waals surface area (Å²) in [6.07, 6.45) is 12.1. The van der Waals surface area contributed by atoms with Crippen LogP contribution < -0.4 is 5.32 Å². The topological polar surface area (TPSA) is 42.9 Å². The van der Waals surface area contributed by atoms with Crippen molar-refractivity contribution in [1.29, 1.82) is 0 Å². The Morgan fingerprint density at radius 2 is 2.35 bits per heavy atom. The Balaban J connectivity index is 1.90. The van der Waals surface area contributed by atoms with Crippen LogP contribution in [0.2, 0.25) is 0 Å². The van der Waals surface area contributed by atoms with E-state index in [1.54, 1.807) is 7.11 Å². The van der Waals surface area contributed by atoms with Gasteiger partial charge in [-0.15, -0.1) is 0 Å². The Morgan fingerprint density at radius 3 is 3.10 bits per heavy atom. The van der Waals surface area contributed by atoms with Crippen LogP contribution in [0.3, 0.4) is 0 Å². The van der Waals surface area contributed by atoms with Gasteiger partial charge in [-0.05, 0) is 24.5 Å². The van der Waals surface area contributed by atoms with Gasteiger partial charge < -0.3 is 14.8 Å². The highest BCUT2D eigenvalue weighted by molar-refractivity contribution is 5.75. The number of amidine groups is 1. The fraction of sp³-hybridized carbons (Fsp3) is 0.400. The van der Waals surface area contributed by atoms with Gasteiger partial charge in [0.25, 0.3) is 6.02 Å². The van der Waals surface area contributed by atoms with Crippen LogP contribution in [0.4, 0.5) is 4.39 Å². The number of nitrogens with zero attached hydrogens (tertiary/aromatic N) is 1. The standard InChI is InChI=1S/C15H19FN2O2/c1-19-14-6-4-2-3-5-12(7-8-14)11-20-15-17-9-13(16)10-18-15/h2-3,5,8-9H,4,6-7,10-11H2,1H3,(H,17,18)/b3-2-,12-5+,14-8+. The third-order valence-corrected chi connectivity index (χ3v) is 3.00. The fourth-order valence-corrected chi connectivity index (χ4v) is 1.86. The molecule has 0 unspecified atom stereocenters. The van der Waals surface area contributed by atoms with Gasteiger partial charge in [0.2, 0.25) is 0 Å². The highest BCUT2D eigenvalue weighted by Gasteiger charge is 2.08. The van der Waals surface area contributed by atoms with Crippen molar-refractivity contribution in [3.05, 3.63) is 47.7 Å². The summed E-state index contributed by atoms with van der Waals surface area (Å²) >= 11 is 0. The van der Waals surface area contributed by atoms with Crippen molar-refractivity contribution in [2.24, 2.45) is 4.99 Å². The van der Waals surface area contributed by atoms with Crippen molar-refractivity contribution in [2.45, 2.75) is 19.3 Å². The Bertz CT molecular complexity index is 490. The zero-order chi connectivity index (χ0) is 14.2. The van der Waals surface area contributed by atoms with Crippen LogP contribution in [0.5, 0.6) is 0 Å². The van der Waals surface area contributed by atoms with Gasteiger partial charge in [-0.25, -0.2) is 9.38 Å². The van der Waals surface area contributed by atoms with Crippen LogP contribution in [0, 0.1) is 0 Å². The van der Waals surface area contributed by atoms with E-state index in [9.17, 15) is 4.39 Å². The van der Waals surface area contributed by atoms with Gasteiger partial charge in [0, 0.05) is 12.6 Å². The van der Waals surface area contributed by atoms with Crippen LogP contribution in [0.1, 0.15) is 19.3 Å². The molecule has 2 aliphatic rings. The molecule has 20 heavy (non-hydrogen) atoms. The molecule has 0 aromatic rings. The highest BCUT2D eigenvalue weighted by atomic mass is 19.1. The molecule has 0 aromatic carbocycles. The zero-order valence-electron chi connectivity index (χ0n) is 11.6. The Morgan fingerprint density at radius 1 is 1.45 bits per heavy atom. The molecule has 4 nitrogen and oxygen atoms in total. The van der Waals surface area contributed by atoms with Crippen molar-refractivity contribution < 1.29 is 13.9 Å². The van der Waals surface area contributed by atoms with Crippen LogP contribution in [-0.2, 0) is 9.47 Å². The summed E-state index contributed by atoms with van der Waals surface area (Å²) in [6, 6.07) is 0.354. The molecule has 0 atom stereocenters. The predicted octanol–water partition coefficient (Wildman–Crippen LogP) is 2.97. The predicted molar refractivity (Wildman–Crippen MR) is 76.7 cm³/mol. The Kier molecular flexibility index (Phi) is 5.41. The number of hydrogen-bond acceptors (Lipinski definition) is 4. The molecule has 1 aliphatic carbocycles. The summed E-state index contributed by atoms with van der Waals surface area (Å²) in [6.45, 7) is 0.453. The number of nitrogens with one attached hydrogen (secondary N) is 1. The van der Waals surface area contributed by atoms with Crippen LogP contribution in [0.25, 0.3) is 0 Å². The monoisotopic (exact) mass is 278 g/mol. The normalized spacial score (nSPS) is 26.1. The zero-order valence-corrected chi connectivity index (χ0v) is 11.6. The van der Waals surface area contributed by atoms with Gasteiger partial charge >= 0.3 is 0 Å². The fourth-order valence-electron chi connectivity index (χ4n) is 1.86. The molecular weight excluding hydrogens is 259 g/mol. The molecule has 1 heterocycles. The van der Waals surface area contributed by atoms with Crippen LogP contribution >= 0.6 is 0 Å². The summed E-state index contributed by atoms with van der Waals surface area (Å²) in [5.74, 6) is 0.690. The first kappa shape index (κ1) is 14.4. The Hall–Kier alpha value is -2.04. The quantitative estimate of drug-likeness (QED) is 0.863. The van der Waals surface area contributed by atoms with E-state index < -0.39 is 0 Å². The highest BCUT2D eigenvalue weighted by Crippen LogP contribution is 2.14. The number of halogens is 1. The first-order chi connectivity index (χ1) is 9.78. The number of methoxy groups -OCH3 is 1. The molecule has 0 bridgehead atoms. The number of rotatable bonds is 3. The van der Waals surface area contributed by atoms with Crippen molar-refractivity contribution in [2.75, 3.05) is 20.3 Å². The number of ether oxygens (including phenoxy) is 2. The maximum absolute atomic E-state index is 12.8. The van der Waals surface area contributed by atoms with Crippen molar-refractivity contribution in [3.8, 4) is 0 Å². The molecule has 1 aliphatic heterocycles. The molecular formula is C15H19FN2O2. The van der Waals surface area contributed by atoms with Gasteiger partial charge in [0.05, 0.1) is 19.4 Å². The summed E-state index contributed by atoms with van der Waals surface area (Å²) < 4.78 is 23.6. The maximum atomic E-state index is 12.8. The Labute approximate surface area is 118 Å². The molecule has 0 spiro atoms. The number of aliphatic imine (C=N–C) groups is 1. The van der Waals surface area contributed by atoms with Gasteiger partial charge in [0.15, 0.2) is 0 Å². The lowest BCUT2D eigenvalue weighted by Crippen LogP contribution is -2.25. The maximum Gasteiger partial charge on any atom is 0.289 e. The van der Waals surface area contributed by atoms with E-state index in [0.717, 1.165) is 30.6 Å². The summed E-state index contributed by atoms with van der Waals surface area (Å²) in [7, 11) is 1.69. The van der Waals surface area contributed by atoms with E-state index in [1.807, 2.05) is 12.2 Å². The third-order valence-electron chi connectivity index (χ3n) is 3.00. The molecule has 0 saturated heterocycles. The van der Waals surface area contributed by atoms with Crippen molar-refractivity contribution >= 4 is 6.02 Å². The van der Waals surface area contributed by atoms with Crippen LogP contribution in [-0.4, -0.2) is 26.3 Å². The molecule has 0 saturated carbocycles. The molecule has 1 N–H and O–H groups in total. The van der Waals surface area contributed by atoms with E-state index in [1.165, 1.54) is 6.20 Å². The van der Waals surface area contributed by atoms with E-state index >= 15 is 0 Å². The van der Waals surface area contributed by atoms with Crippen molar-refractivity contribution in [1.82, 2.24) is 5.32 Å². The summed E-state index contributed by atoms with van der Waals surface area (Å²) in [4.78, 5) is 3.94. The molecule has 0 amide bonds. The lowest BCUT2D eigenvalue weighted by Gasteiger charge is -2.13. The first-order valence-electron chi connectivity index (χ1n) is 6.64. The lowest BCUT2D eigenvalue weighted by molar-refractivity contribution is 0.275. The van der Waals surface area contributed by atoms with E-state index in [4.69, 9.17) is 9.47 Å². The van der Waals surface area contributed by atoms with Crippen molar-refractivity contribution in [3.63, 3.8) is 0 Å². The van der Waals surface area contributed by atoms with Gasteiger partial charge in [-0.3, -0.25) is 0 Å². The lowest BCUT2D eigenvalue weighted by atomic mass is 10.1. The molecule has 0 aromatic heterocycles. The molecule has 108 valence electrons. The van der Waals surface area contributed by atoms with Gasteiger partial charge in [-0.1, -0.05) is 18.2 Å². The minimum Gasteiger partial charge on any atom is -0.501 e.